The molecule has 1 aliphatic rings. The number of hydrogen-bond donors (Lipinski definition) is 1. The molecule has 82 valence electrons. The zero-order valence-corrected chi connectivity index (χ0v) is 8.96. The molecule has 5 nitrogen and oxygen atoms in total. The second-order valence-electron chi connectivity index (χ2n) is 3.49. The van der Waals surface area contributed by atoms with Crippen molar-refractivity contribution in [1.82, 2.24) is 4.31 Å². The first-order valence-electron chi connectivity index (χ1n) is 4.68. The molecule has 0 spiro atoms. The predicted octanol–water partition coefficient (Wildman–Crippen LogP) is 0.275. The van der Waals surface area contributed by atoms with Gasteiger partial charge in [-0.1, -0.05) is 6.92 Å². The Bertz CT molecular complexity index is 307. The second kappa shape index (κ2) is 4.27. The number of hydrogen-bond acceptors (Lipinski definition) is 3. The average molecular weight is 221 g/mol. The third-order valence-corrected chi connectivity index (χ3v) is 3.87. The van der Waals surface area contributed by atoms with Gasteiger partial charge in [0.05, 0.1) is 0 Å². The standard InChI is InChI=1S/C8H15NO4S/c1-2-5-9(7-3-4-7)14(12,13)6-8(10)11/h7H,2-6H2,1H3,(H,10,11). The quantitative estimate of drug-likeness (QED) is 0.699. The van der Waals surface area contributed by atoms with Gasteiger partial charge >= 0.3 is 5.97 Å². The first-order chi connectivity index (χ1) is 6.47. The minimum atomic E-state index is -3.59. The molecule has 1 rings (SSSR count). The van der Waals surface area contributed by atoms with E-state index in [1.165, 1.54) is 4.31 Å². The third-order valence-electron chi connectivity index (χ3n) is 2.06. The summed E-state index contributed by atoms with van der Waals surface area (Å²) in [7, 11) is -3.59. The smallest absolute Gasteiger partial charge is 0.320 e. The van der Waals surface area contributed by atoms with E-state index in [2.05, 4.69) is 0 Å². The lowest BCUT2D eigenvalue weighted by molar-refractivity contribution is -0.134. The summed E-state index contributed by atoms with van der Waals surface area (Å²) in [6.07, 6.45) is 2.44. The number of carbonyl (C=O) groups is 1. The molecule has 0 amide bonds. The lowest BCUT2D eigenvalue weighted by Crippen LogP contribution is -2.37. The Hall–Kier alpha value is -0.620. The highest BCUT2D eigenvalue weighted by atomic mass is 32.2. The van der Waals surface area contributed by atoms with Crippen molar-refractivity contribution in [3.05, 3.63) is 0 Å². The van der Waals surface area contributed by atoms with E-state index in [-0.39, 0.29) is 6.04 Å². The van der Waals surface area contributed by atoms with Gasteiger partial charge in [-0.05, 0) is 19.3 Å². The number of aliphatic carboxylic acids is 1. The fraction of sp³-hybridized carbons (Fsp3) is 0.875. The van der Waals surface area contributed by atoms with Gasteiger partial charge in [0, 0.05) is 12.6 Å². The van der Waals surface area contributed by atoms with Crippen molar-refractivity contribution in [3.8, 4) is 0 Å². The maximum absolute atomic E-state index is 11.6. The van der Waals surface area contributed by atoms with Crippen LogP contribution in [0.5, 0.6) is 0 Å². The predicted molar refractivity (Wildman–Crippen MR) is 51.4 cm³/mol. The van der Waals surface area contributed by atoms with Gasteiger partial charge in [-0.25, -0.2) is 8.42 Å². The van der Waals surface area contributed by atoms with Gasteiger partial charge in [0.25, 0.3) is 0 Å². The van der Waals surface area contributed by atoms with E-state index in [1.807, 2.05) is 6.92 Å². The zero-order valence-electron chi connectivity index (χ0n) is 8.14. The van der Waals surface area contributed by atoms with Crippen molar-refractivity contribution in [3.63, 3.8) is 0 Å². The SMILES string of the molecule is CCCN(C1CC1)S(=O)(=O)CC(=O)O. The number of nitrogens with zero attached hydrogens (tertiary/aromatic N) is 1. The molecule has 1 aliphatic carbocycles. The minimum absolute atomic E-state index is 0.0549. The molecule has 0 aromatic heterocycles. The number of carboxylic acid groups (broad SMARTS) is 1. The van der Waals surface area contributed by atoms with Crippen LogP contribution in [-0.2, 0) is 14.8 Å². The van der Waals surface area contributed by atoms with Crippen molar-refractivity contribution < 1.29 is 18.3 Å². The summed E-state index contributed by atoms with van der Waals surface area (Å²) in [5.74, 6) is -2.07. The normalized spacial score (nSPS) is 17.3. The summed E-state index contributed by atoms with van der Waals surface area (Å²) in [5.41, 5.74) is 0. The zero-order chi connectivity index (χ0) is 10.8. The van der Waals surface area contributed by atoms with E-state index in [0.717, 1.165) is 19.3 Å². The van der Waals surface area contributed by atoms with Crippen LogP contribution in [0.3, 0.4) is 0 Å². The van der Waals surface area contributed by atoms with Crippen molar-refractivity contribution in [2.45, 2.75) is 32.2 Å². The molecule has 0 aromatic carbocycles. The summed E-state index contributed by atoms with van der Waals surface area (Å²) >= 11 is 0. The van der Waals surface area contributed by atoms with Crippen LogP contribution in [0, 0.1) is 0 Å². The van der Waals surface area contributed by atoms with Gasteiger partial charge in [-0.2, -0.15) is 4.31 Å². The summed E-state index contributed by atoms with van der Waals surface area (Å²) in [4.78, 5) is 10.4. The summed E-state index contributed by atoms with van der Waals surface area (Å²) < 4.78 is 24.4. The molecule has 0 radical (unpaired) electrons. The second-order valence-corrected chi connectivity index (χ2v) is 5.41. The van der Waals surface area contributed by atoms with Crippen LogP contribution in [0.4, 0.5) is 0 Å². The van der Waals surface area contributed by atoms with Gasteiger partial charge in [-0.3, -0.25) is 4.79 Å². The molecule has 1 saturated carbocycles. The Morgan fingerprint density at radius 3 is 2.43 bits per heavy atom. The minimum Gasteiger partial charge on any atom is -0.480 e. The van der Waals surface area contributed by atoms with Gasteiger partial charge in [0.15, 0.2) is 5.75 Å². The van der Waals surface area contributed by atoms with Gasteiger partial charge in [0.2, 0.25) is 10.0 Å². The van der Waals surface area contributed by atoms with Crippen molar-refractivity contribution in [2.24, 2.45) is 0 Å². The summed E-state index contributed by atoms with van der Waals surface area (Å²) in [6.45, 7) is 2.31. The maximum Gasteiger partial charge on any atom is 0.320 e. The maximum atomic E-state index is 11.6. The first kappa shape index (κ1) is 11.5. The van der Waals surface area contributed by atoms with Gasteiger partial charge in [-0.15, -0.1) is 0 Å². The van der Waals surface area contributed by atoms with Crippen molar-refractivity contribution in [1.29, 1.82) is 0 Å². The highest BCUT2D eigenvalue weighted by Crippen LogP contribution is 2.29. The Balaban J connectivity index is 2.69. The molecule has 6 heteroatoms. The topological polar surface area (TPSA) is 74.7 Å². The summed E-state index contributed by atoms with van der Waals surface area (Å²) in [5, 5.41) is 8.46. The molecule has 0 heterocycles. The van der Waals surface area contributed by atoms with E-state index in [0.29, 0.717) is 6.54 Å². The molecule has 0 saturated heterocycles. The largest absolute Gasteiger partial charge is 0.480 e. The fourth-order valence-corrected chi connectivity index (χ4v) is 2.97. The van der Waals surface area contributed by atoms with E-state index in [1.54, 1.807) is 0 Å². The lowest BCUT2D eigenvalue weighted by Gasteiger charge is -2.19. The van der Waals surface area contributed by atoms with E-state index >= 15 is 0 Å². The Labute approximate surface area is 83.8 Å². The van der Waals surface area contributed by atoms with Crippen molar-refractivity contribution in [2.75, 3.05) is 12.3 Å². The Kier molecular flexibility index (Phi) is 3.49. The first-order valence-corrected chi connectivity index (χ1v) is 6.29. The molecule has 0 aliphatic heterocycles. The van der Waals surface area contributed by atoms with E-state index < -0.39 is 21.7 Å². The van der Waals surface area contributed by atoms with Crippen LogP contribution < -0.4 is 0 Å². The Morgan fingerprint density at radius 2 is 2.07 bits per heavy atom. The molecular weight excluding hydrogens is 206 g/mol. The molecule has 0 unspecified atom stereocenters. The highest BCUT2D eigenvalue weighted by Gasteiger charge is 2.37. The fourth-order valence-electron chi connectivity index (χ4n) is 1.37. The molecule has 14 heavy (non-hydrogen) atoms. The van der Waals surface area contributed by atoms with Crippen LogP contribution in [0.15, 0.2) is 0 Å². The van der Waals surface area contributed by atoms with Crippen LogP contribution in [-0.4, -0.2) is 42.1 Å². The molecule has 0 atom stereocenters. The van der Waals surface area contributed by atoms with Crippen LogP contribution in [0.2, 0.25) is 0 Å². The average Bonchev–Trinajstić information content (AvgIpc) is 2.79. The van der Waals surface area contributed by atoms with Crippen LogP contribution >= 0.6 is 0 Å². The van der Waals surface area contributed by atoms with Gasteiger partial charge < -0.3 is 5.11 Å². The molecule has 1 N–H and O–H groups in total. The molecule has 1 fully saturated rings. The van der Waals surface area contributed by atoms with E-state index in [4.69, 9.17) is 5.11 Å². The lowest BCUT2D eigenvalue weighted by atomic mass is 10.5. The number of rotatable bonds is 6. The molecule has 0 bridgehead atoms. The van der Waals surface area contributed by atoms with E-state index in [9.17, 15) is 13.2 Å². The third kappa shape index (κ3) is 2.95. The number of carboxylic acids is 1. The Morgan fingerprint density at radius 1 is 1.50 bits per heavy atom. The molecular formula is C8H15NO4S. The van der Waals surface area contributed by atoms with Crippen LogP contribution in [0.1, 0.15) is 26.2 Å². The monoisotopic (exact) mass is 221 g/mol. The van der Waals surface area contributed by atoms with Gasteiger partial charge in [0.1, 0.15) is 0 Å². The van der Waals surface area contributed by atoms with Crippen LogP contribution in [0.25, 0.3) is 0 Å². The number of sulfonamides is 1. The highest BCUT2D eigenvalue weighted by molar-refractivity contribution is 7.89. The van der Waals surface area contributed by atoms with Crippen molar-refractivity contribution >= 4 is 16.0 Å². The summed E-state index contributed by atoms with van der Waals surface area (Å²) in [6, 6.07) is 0.0549. The molecule has 0 aromatic rings.